The van der Waals surface area contributed by atoms with Gasteiger partial charge in [0.1, 0.15) is 11.4 Å². The van der Waals surface area contributed by atoms with Crippen molar-refractivity contribution in [2.24, 2.45) is 0 Å². The minimum Gasteiger partial charge on any atom is -0.484 e. The van der Waals surface area contributed by atoms with Crippen molar-refractivity contribution < 1.29 is 17.9 Å². The van der Waals surface area contributed by atoms with Crippen molar-refractivity contribution in [3.05, 3.63) is 29.8 Å². The maximum absolute atomic E-state index is 12.5. The maximum Gasteiger partial charge on any atom is 0.263 e. The molecule has 1 aromatic heterocycles. The molecule has 1 aliphatic rings. The number of sulfonamides is 1. The van der Waals surface area contributed by atoms with Crippen LogP contribution in [0.2, 0.25) is 0 Å². The minimum absolute atomic E-state index is 0.0472. The summed E-state index contributed by atoms with van der Waals surface area (Å²) in [6, 6.07) is 4.47. The fourth-order valence-corrected chi connectivity index (χ4v) is 4.29. The number of anilines is 2. The zero-order valence-corrected chi connectivity index (χ0v) is 15.1. The highest BCUT2D eigenvalue weighted by atomic mass is 32.2. The Kier molecular flexibility index (Phi) is 4.00. The number of ether oxygens (including phenoxy) is 1. The van der Waals surface area contributed by atoms with Crippen LogP contribution >= 0.6 is 11.3 Å². The lowest BCUT2D eigenvalue weighted by Gasteiger charge is -2.39. The summed E-state index contributed by atoms with van der Waals surface area (Å²) in [6.07, 6.45) is 1.52. The quantitative estimate of drug-likeness (QED) is 0.900. The monoisotopic (exact) mass is 367 g/mol. The fourth-order valence-electron chi connectivity index (χ4n) is 2.49. The van der Waals surface area contributed by atoms with Crippen LogP contribution in [-0.4, -0.2) is 31.5 Å². The van der Waals surface area contributed by atoms with Crippen LogP contribution < -0.4 is 14.4 Å². The molecule has 0 saturated heterocycles. The van der Waals surface area contributed by atoms with Gasteiger partial charge in [-0.25, -0.2) is 13.4 Å². The molecule has 1 aromatic carbocycles. The van der Waals surface area contributed by atoms with Gasteiger partial charge in [-0.1, -0.05) is 0 Å². The van der Waals surface area contributed by atoms with Gasteiger partial charge < -0.3 is 9.64 Å². The molecule has 24 heavy (non-hydrogen) atoms. The van der Waals surface area contributed by atoms with E-state index in [1.807, 2.05) is 13.8 Å². The van der Waals surface area contributed by atoms with Crippen LogP contribution in [0.1, 0.15) is 20.8 Å². The summed E-state index contributed by atoms with van der Waals surface area (Å²) < 4.78 is 33.3. The molecule has 0 aliphatic carbocycles. The first-order valence-corrected chi connectivity index (χ1v) is 9.58. The summed E-state index contributed by atoms with van der Waals surface area (Å²) in [5.41, 5.74) is -0.0955. The zero-order valence-electron chi connectivity index (χ0n) is 13.4. The van der Waals surface area contributed by atoms with Crippen molar-refractivity contribution in [2.75, 3.05) is 16.2 Å². The summed E-state index contributed by atoms with van der Waals surface area (Å²) in [5.74, 6) is 0.310. The van der Waals surface area contributed by atoms with Gasteiger partial charge in [0, 0.05) is 18.5 Å². The molecule has 128 valence electrons. The van der Waals surface area contributed by atoms with E-state index in [4.69, 9.17) is 4.74 Å². The molecule has 0 bridgehead atoms. The molecule has 0 atom stereocenters. The number of nitrogens with one attached hydrogen (secondary N) is 1. The van der Waals surface area contributed by atoms with E-state index in [-0.39, 0.29) is 15.9 Å². The molecule has 2 heterocycles. The molecule has 3 rings (SSSR count). The van der Waals surface area contributed by atoms with Crippen molar-refractivity contribution in [2.45, 2.75) is 31.3 Å². The summed E-state index contributed by atoms with van der Waals surface area (Å²) in [5, 5.41) is 1.96. The SMILES string of the molecule is CC(=O)N1CC(C)(C)Oc2ccc(S(=O)(=O)Nc3nccs3)cc21. The first-order valence-electron chi connectivity index (χ1n) is 7.21. The second kappa shape index (κ2) is 5.75. The number of hydrogen-bond acceptors (Lipinski definition) is 6. The second-order valence-corrected chi connectivity index (χ2v) is 8.62. The lowest BCUT2D eigenvalue weighted by atomic mass is 10.1. The third-order valence-electron chi connectivity index (χ3n) is 3.49. The number of benzene rings is 1. The Labute approximate surface area is 144 Å². The molecule has 0 unspecified atom stereocenters. The third kappa shape index (κ3) is 3.22. The van der Waals surface area contributed by atoms with Crippen LogP contribution in [-0.2, 0) is 14.8 Å². The van der Waals surface area contributed by atoms with E-state index in [0.717, 1.165) is 0 Å². The number of fused-ring (bicyclic) bond motifs is 1. The number of aromatic nitrogens is 1. The lowest BCUT2D eigenvalue weighted by molar-refractivity contribution is -0.117. The van der Waals surface area contributed by atoms with E-state index in [1.165, 1.54) is 41.5 Å². The molecule has 0 saturated carbocycles. The number of rotatable bonds is 3. The molecule has 0 fully saturated rings. The molecular weight excluding hydrogens is 350 g/mol. The standard InChI is InChI=1S/C15H17N3O4S2/c1-10(19)18-9-15(2,3)22-13-5-4-11(8-12(13)18)24(20,21)17-14-16-6-7-23-14/h4-8H,9H2,1-3H3,(H,16,17). The number of carbonyl (C=O) groups is 1. The van der Waals surface area contributed by atoms with E-state index in [9.17, 15) is 13.2 Å². The second-order valence-electron chi connectivity index (χ2n) is 6.04. The highest BCUT2D eigenvalue weighted by Gasteiger charge is 2.34. The van der Waals surface area contributed by atoms with Gasteiger partial charge in [-0.2, -0.15) is 0 Å². The van der Waals surface area contributed by atoms with Gasteiger partial charge in [0.25, 0.3) is 10.0 Å². The van der Waals surface area contributed by atoms with Gasteiger partial charge >= 0.3 is 0 Å². The maximum atomic E-state index is 12.5. The highest BCUT2D eigenvalue weighted by Crippen LogP contribution is 2.38. The molecule has 2 aromatic rings. The molecule has 0 spiro atoms. The Bertz CT molecular complexity index is 876. The average molecular weight is 367 g/mol. The van der Waals surface area contributed by atoms with Crippen LogP contribution in [0.25, 0.3) is 0 Å². The van der Waals surface area contributed by atoms with Gasteiger partial charge in [0.05, 0.1) is 17.1 Å². The molecule has 1 N–H and O–H groups in total. The predicted octanol–water partition coefficient (Wildman–Crippen LogP) is 2.47. The van der Waals surface area contributed by atoms with E-state index in [2.05, 4.69) is 9.71 Å². The first-order chi connectivity index (χ1) is 11.2. The van der Waals surface area contributed by atoms with E-state index in [1.54, 1.807) is 11.4 Å². The Morgan fingerprint density at radius 1 is 1.42 bits per heavy atom. The first kappa shape index (κ1) is 16.7. The van der Waals surface area contributed by atoms with Crippen molar-refractivity contribution in [3.8, 4) is 5.75 Å². The summed E-state index contributed by atoms with van der Waals surface area (Å²) in [4.78, 5) is 17.5. The van der Waals surface area contributed by atoms with Crippen molar-refractivity contribution in [1.82, 2.24) is 4.98 Å². The van der Waals surface area contributed by atoms with Crippen LogP contribution in [0, 0.1) is 0 Å². The summed E-state index contributed by atoms with van der Waals surface area (Å²) in [6.45, 7) is 5.54. The van der Waals surface area contributed by atoms with Gasteiger partial charge in [-0.15, -0.1) is 11.3 Å². The Balaban J connectivity index is 2.01. The molecule has 7 nitrogen and oxygen atoms in total. The van der Waals surface area contributed by atoms with E-state index in [0.29, 0.717) is 18.0 Å². The number of amides is 1. The van der Waals surface area contributed by atoms with Crippen molar-refractivity contribution >= 4 is 38.1 Å². The smallest absolute Gasteiger partial charge is 0.263 e. The Hall–Kier alpha value is -2.13. The molecule has 9 heteroatoms. The van der Waals surface area contributed by atoms with Crippen molar-refractivity contribution in [3.63, 3.8) is 0 Å². The van der Waals surface area contributed by atoms with Crippen LogP contribution in [0.3, 0.4) is 0 Å². The number of carbonyl (C=O) groups excluding carboxylic acids is 1. The van der Waals surface area contributed by atoms with Gasteiger partial charge in [0.15, 0.2) is 5.13 Å². The molecule has 1 amide bonds. The normalized spacial score (nSPS) is 16.2. The topological polar surface area (TPSA) is 88.6 Å². The van der Waals surface area contributed by atoms with E-state index < -0.39 is 15.6 Å². The minimum atomic E-state index is -3.79. The fraction of sp³-hybridized carbons (Fsp3) is 0.333. The third-order valence-corrected chi connectivity index (χ3v) is 5.65. The average Bonchev–Trinajstić information content (AvgIpc) is 2.97. The molecule has 1 aliphatic heterocycles. The Morgan fingerprint density at radius 2 is 2.17 bits per heavy atom. The zero-order chi connectivity index (χ0) is 17.5. The molecular formula is C15H17N3O4S2. The van der Waals surface area contributed by atoms with Gasteiger partial charge in [-0.3, -0.25) is 9.52 Å². The van der Waals surface area contributed by atoms with Crippen LogP contribution in [0.15, 0.2) is 34.7 Å². The highest BCUT2D eigenvalue weighted by molar-refractivity contribution is 7.93. The largest absolute Gasteiger partial charge is 0.484 e. The van der Waals surface area contributed by atoms with Crippen LogP contribution in [0.4, 0.5) is 10.8 Å². The summed E-state index contributed by atoms with van der Waals surface area (Å²) in [7, 11) is -3.79. The molecule has 0 radical (unpaired) electrons. The van der Waals surface area contributed by atoms with Crippen LogP contribution in [0.5, 0.6) is 5.75 Å². The van der Waals surface area contributed by atoms with Gasteiger partial charge in [-0.05, 0) is 32.0 Å². The lowest BCUT2D eigenvalue weighted by Crippen LogP contribution is -2.48. The van der Waals surface area contributed by atoms with Gasteiger partial charge in [0.2, 0.25) is 5.91 Å². The predicted molar refractivity (Wildman–Crippen MR) is 92.1 cm³/mol. The number of nitrogens with zero attached hydrogens (tertiary/aromatic N) is 2. The van der Waals surface area contributed by atoms with E-state index >= 15 is 0 Å². The number of thiazole rings is 1. The number of hydrogen-bond donors (Lipinski definition) is 1. The Morgan fingerprint density at radius 3 is 2.79 bits per heavy atom. The summed E-state index contributed by atoms with van der Waals surface area (Å²) >= 11 is 1.19. The van der Waals surface area contributed by atoms with Crippen molar-refractivity contribution in [1.29, 1.82) is 0 Å².